The zero-order valence-electron chi connectivity index (χ0n) is 10.9. The Hall–Kier alpha value is -0.240. The Balaban J connectivity index is 0.00000225. The molecule has 0 aromatic heterocycles. The summed E-state index contributed by atoms with van der Waals surface area (Å²) in [4.78, 5) is 14.0. The van der Waals surface area contributed by atoms with Crippen LogP contribution in [0.1, 0.15) is 65.7 Å². The van der Waals surface area contributed by atoms with Crippen molar-refractivity contribution in [3.63, 3.8) is 0 Å². The minimum Gasteiger partial charge on any atom is -0.338 e. The highest BCUT2D eigenvalue weighted by Crippen LogP contribution is 2.28. The Morgan fingerprint density at radius 1 is 1.25 bits per heavy atom. The van der Waals surface area contributed by atoms with Gasteiger partial charge in [-0.05, 0) is 33.1 Å². The van der Waals surface area contributed by atoms with Gasteiger partial charge in [0.25, 0.3) is 0 Å². The van der Waals surface area contributed by atoms with E-state index in [9.17, 15) is 4.79 Å². The molecule has 0 spiro atoms. The lowest BCUT2D eigenvalue weighted by atomic mass is 10.0. The summed E-state index contributed by atoms with van der Waals surface area (Å²) in [5.41, 5.74) is 0.113. The van der Waals surface area contributed by atoms with Crippen molar-refractivity contribution in [2.75, 3.05) is 6.54 Å². The minimum atomic E-state index is 0. The number of carbonyl (C=O) groups excluding carboxylic acids is 1. The number of hydrogen-bond donors (Lipinski definition) is 0. The third-order valence-electron chi connectivity index (χ3n) is 3.45. The van der Waals surface area contributed by atoms with Gasteiger partial charge in [0, 0.05) is 18.5 Å². The summed E-state index contributed by atoms with van der Waals surface area (Å²) in [5, 5.41) is 0. The van der Waals surface area contributed by atoms with Crippen molar-refractivity contribution in [2.24, 2.45) is 0 Å². The molecule has 1 aliphatic heterocycles. The maximum Gasteiger partial charge on any atom is 0.223 e. The lowest BCUT2D eigenvalue weighted by Crippen LogP contribution is -2.42. The number of carbonyl (C=O) groups is 1. The van der Waals surface area contributed by atoms with Crippen LogP contribution in [0.4, 0.5) is 0 Å². The number of unbranched alkanes of at least 4 members (excludes halogenated alkanes) is 3. The van der Waals surface area contributed by atoms with Gasteiger partial charge < -0.3 is 4.90 Å². The molecule has 1 aliphatic rings. The van der Waals surface area contributed by atoms with Crippen molar-refractivity contribution in [3.8, 4) is 0 Å². The molecular weight excluding hydrogens is 222 g/mol. The molecule has 96 valence electrons. The summed E-state index contributed by atoms with van der Waals surface area (Å²) in [5.74, 6) is 0.369. The molecule has 1 amide bonds. The van der Waals surface area contributed by atoms with Crippen LogP contribution in [-0.2, 0) is 4.79 Å². The van der Waals surface area contributed by atoms with Crippen LogP contribution in [0.3, 0.4) is 0 Å². The molecule has 0 aromatic rings. The van der Waals surface area contributed by atoms with Crippen molar-refractivity contribution in [1.82, 2.24) is 4.90 Å². The Morgan fingerprint density at radius 2 is 1.94 bits per heavy atom. The Kier molecular flexibility index (Phi) is 7.05. The first-order valence-electron chi connectivity index (χ1n) is 6.38. The van der Waals surface area contributed by atoms with Gasteiger partial charge in [0.1, 0.15) is 0 Å². The quantitative estimate of drug-likeness (QED) is 0.677. The molecule has 0 atom stereocenters. The van der Waals surface area contributed by atoms with E-state index in [1.807, 2.05) is 0 Å². The first-order valence-corrected chi connectivity index (χ1v) is 6.38. The highest BCUT2D eigenvalue weighted by atomic mass is 35.5. The summed E-state index contributed by atoms with van der Waals surface area (Å²) in [7, 11) is 0. The fraction of sp³-hybridized carbons (Fsp3) is 0.923. The fourth-order valence-electron chi connectivity index (χ4n) is 2.41. The highest BCUT2D eigenvalue weighted by molar-refractivity contribution is 5.85. The third-order valence-corrected chi connectivity index (χ3v) is 3.45. The Labute approximate surface area is 106 Å². The Morgan fingerprint density at radius 3 is 2.44 bits per heavy atom. The lowest BCUT2D eigenvalue weighted by molar-refractivity contribution is -0.134. The van der Waals surface area contributed by atoms with Crippen molar-refractivity contribution in [2.45, 2.75) is 71.3 Å². The average Bonchev–Trinajstić information content (AvgIpc) is 2.52. The summed E-state index contributed by atoms with van der Waals surface area (Å²) in [6, 6.07) is 0. The number of halogens is 1. The van der Waals surface area contributed by atoms with Crippen LogP contribution in [0, 0.1) is 0 Å². The van der Waals surface area contributed by atoms with Crippen molar-refractivity contribution in [3.05, 3.63) is 0 Å². The van der Waals surface area contributed by atoms with Gasteiger partial charge in [-0.15, -0.1) is 12.4 Å². The van der Waals surface area contributed by atoms with E-state index in [1.165, 1.54) is 25.7 Å². The molecule has 0 aliphatic carbocycles. The summed E-state index contributed by atoms with van der Waals surface area (Å²) < 4.78 is 0. The molecule has 0 N–H and O–H groups in total. The molecule has 0 radical (unpaired) electrons. The fourth-order valence-corrected chi connectivity index (χ4v) is 2.41. The summed E-state index contributed by atoms with van der Waals surface area (Å²) in [6.07, 6.45) is 7.86. The molecule has 0 saturated carbocycles. The number of hydrogen-bond acceptors (Lipinski definition) is 1. The first kappa shape index (κ1) is 15.8. The normalized spacial score (nSPS) is 18.3. The Bertz CT molecular complexity index is 216. The second-order valence-corrected chi connectivity index (χ2v) is 5.27. The van der Waals surface area contributed by atoms with E-state index >= 15 is 0 Å². The van der Waals surface area contributed by atoms with E-state index in [-0.39, 0.29) is 17.9 Å². The minimum absolute atomic E-state index is 0. The number of rotatable bonds is 5. The third kappa shape index (κ3) is 4.32. The van der Waals surface area contributed by atoms with Crippen LogP contribution >= 0.6 is 12.4 Å². The van der Waals surface area contributed by atoms with Crippen molar-refractivity contribution >= 4 is 18.3 Å². The van der Waals surface area contributed by atoms with Crippen LogP contribution in [-0.4, -0.2) is 22.9 Å². The lowest BCUT2D eigenvalue weighted by Gasteiger charge is -2.31. The van der Waals surface area contributed by atoms with E-state index in [4.69, 9.17) is 0 Å². The van der Waals surface area contributed by atoms with Crippen LogP contribution in [0.25, 0.3) is 0 Å². The molecule has 16 heavy (non-hydrogen) atoms. The first-order chi connectivity index (χ1) is 7.08. The van der Waals surface area contributed by atoms with Gasteiger partial charge in [0.2, 0.25) is 5.91 Å². The van der Waals surface area contributed by atoms with Crippen LogP contribution in [0.2, 0.25) is 0 Å². The van der Waals surface area contributed by atoms with Gasteiger partial charge in [0.15, 0.2) is 0 Å². The van der Waals surface area contributed by atoms with Crippen LogP contribution in [0.5, 0.6) is 0 Å². The topological polar surface area (TPSA) is 20.3 Å². The molecule has 0 aromatic carbocycles. The largest absolute Gasteiger partial charge is 0.338 e. The van der Waals surface area contributed by atoms with E-state index < -0.39 is 0 Å². The standard InChI is InChI=1S/C13H25NO.ClH/c1-4-5-6-7-9-12(15)14-11-8-10-13(14,2)3;/h4-11H2,1-3H3;1H. The summed E-state index contributed by atoms with van der Waals surface area (Å²) in [6.45, 7) is 7.54. The molecule has 2 nitrogen and oxygen atoms in total. The van der Waals surface area contributed by atoms with Gasteiger partial charge in [-0.25, -0.2) is 0 Å². The van der Waals surface area contributed by atoms with Crippen LogP contribution in [0.15, 0.2) is 0 Å². The van der Waals surface area contributed by atoms with Gasteiger partial charge in [-0.1, -0.05) is 26.2 Å². The number of amides is 1. The number of nitrogens with zero attached hydrogens (tertiary/aromatic N) is 1. The van der Waals surface area contributed by atoms with E-state index in [2.05, 4.69) is 25.7 Å². The van der Waals surface area contributed by atoms with E-state index in [0.29, 0.717) is 5.91 Å². The SMILES string of the molecule is CCCCCCC(=O)N1CCCC1(C)C.Cl. The van der Waals surface area contributed by atoms with Crippen molar-refractivity contribution < 1.29 is 4.79 Å². The molecule has 0 unspecified atom stereocenters. The van der Waals surface area contributed by atoms with Gasteiger partial charge >= 0.3 is 0 Å². The number of likely N-dealkylation sites (tertiary alicyclic amines) is 1. The molecule has 1 fully saturated rings. The predicted octanol–water partition coefficient (Wildman–Crippen LogP) is 3.78. The molecule has 1 rings (SSSR count). The van der Waals surface area contributed by atoms with E-state index in [1.54, 1.807) is 0 Å². The van der Waals surface area contributed by atoms with Gasteiger partial charge in [-0.3, -0.25) is 4.79 Å². The highest BCUT2D eigenvalue weighted by Gasteiger charge is 2.34. The molecular formula is C13H26ClNO. The summed E-state index contributed by atoms with van der Waals surface area (Å²) >= 11 is 0. The zero-order valence-corrected chi connectivity index (χ0v) is 11.7. The van der Waals surface area contributed by atoms with E-state index in [0.717, 1.165) is 25.8 Å². The second-order valence-electron chi connectivity index (χ2n) is 5.27. The predicted molar refractivity (Wildman–Crippen MR) is 71.0 cm³/mol. The smallest absolute Gasteiger partial charge is 0.223 e. The van der Waals surface area contributed by atoms with Crippen molar-refractivity contribution in [1.29, 1.82) is 0 Å². The maximum absolute atomic E-state index is 12.0. The molecule has 1 heterocycles. The zero-order chi connectivity index (χ0) is 11.3. The molecule has 3 heteroatoms. The maximum atomic E-state index is 12.0. The monoisotopic (exact) mass is 247 g/mol. The molecule has 0 bridgehead atoms. The van der Waals surface area contributed by atoms with Gasteiger partial charge in [-0.2, -0.15) is 0 Å². The molecule has 1 saturated heterocycles. The average molecular weight is 248 g/mol. The second kappa shape index (κ2) is 7.16. The van der Waals surface area contributed by atoms with Gasteiger partial charge in [0.05, 0.1) is 0 Å². The van der Waals surface area contributed by atoms with Crippen LogP contribution < -0.4 is 0 Å².